The molecule has 2 N–H and O–H groups in total. The number of nitrogens with one attached hydrogen (secondary N) is 2. The molecule has 0 aliphatic heterocycles. The summed E-state index contributed by atoms with van der Waals surface area (Å²) >= 11 is 12.0. The molecule has 0 amide bonds. The van der Waals surface area contributed by atoms with Crippen molar-refractivity contribution >= 4 is 45.7 Å². The molecule has 168 valence electrons. The second-order valence-corrected chi connectivity index (χ2v) is 8.80. The number of rotatable bonds is 7. The Kier molecular flexibility index (Phi) is 7.12. The van der Waals surface area contributed by atoms with Crippen molar-refractivity contribution in [2.75, 3.05) is 10.3 Å². The van der Waals surface area contributed by atoms with E-state index in [1.807, 2.05) is 32.8 Å². The molecule has 0 bridgehead atoms. The molecule has 0 spiro atoms. The average molecular weight is 473 g/mol. The lowest BCUT2D eigenvalue weighted by atomic mass is 9.99. The number of fused-ring (bicyclic) bond motifs is 1. The second-order valence-electron chi connectivity index (χ2n) is 8.02. The molecule has 0 aromatic carbocycles. The Balaban J connectivity index is 2.03. The SMILES string of the molecule is Cc1nn(C)c2nc(N(N/C(=C\C#N)Nc3cc(Cl)nc(Cl)c3)C(C)C)cc(C(C)C)c12. The van der Waals surface area contributed by atoms with Gasteiger partial charge in [0.05, 0.1) is 17.8 Å². The molecule has 3 heterocycles. The molecule has 8 nitrogen and oxygen atoms in total. The van der Waals surface area contributed by atoms with Gasteiger partial charge in [-0.1, -0.05) is 37.0 Å². The quantitative estimate of drug-likeness (QED) is 0.273. The minimum atomic E-state index is 0.0165. The lowest BCUT2D eigenvalue weighted by Crippen LogP contribution is -2.45. The highest BCUT2D eigenvalue weighted by Crippen LogP contribution is 2.31. The van der Waals surface area contributed by atoms with Crippen molar-refractivity contribution in [3.8, 4) is 6.07 Å². The zero-order chi connectivity index (χ0) is 23.6. The topological polar surface area (TPSA) is 94.7 Å². The third-order valence-corrected chi connectivity index (χ3v) is 5.25. The highest BCUT2D eigenvalue weighted by Gasteiger charge is 2.21. The number of halogens is 2. The van der Waals surface area contributed by atoms with E-state index in [-0.39, 0.29) is 22.3 Å². The molecule has 3 aromatic heterocycles. The minimum absolute atomic E-state index is 0.0165. The number of pyridine rings is 2. The van der Waals surface area contributed by atoms with Crippen LogP contribution in [0.3, 0.4) is 0 Å². The van der Waals surface area contributed by atoms with E-state index in [1.54, 1.807) is 16.8 Å². The highest BCUT2D eigenvalue weighted by atomic mass is 35.5. The maximum absolute atomic E-state index is 9.33. The van der Waals surface area contributed by atoms with Gasteiger partial charge in [-0.05, 0) is 50.5 Å². The first kappa shape index (κ1) is 23.6. The molecule has 0 aliphatic rings. The molecule has 0 saturated heterocycles. The molecule has 32 heavy (non-hydrogen) atoms. The van der Waals surface area contributed by atoms with Crippen LogP contribution in [-0.4, -0.2) is 25.8 Å². The Morgan fingerprint density at radius 3 is 2.38 bits per heavy atom. The van der Waals surface area contributed by atoms with Crippen LogP contribution in [0.5, 0.6) is 0 Å². The van der Waals surface area contributed by atoms with Gasteiger partial charge in [-0.2, -0.15) is 10.4 Å². The number of aromatic nitrogens is 4. The van der Waals surface area contributed by atoms with Crippen LogP contribution in [0.1, 0.15) is 44.9 Å². The third kappa shape index (κ3) is 5.06. The molecule has 0 atom stereocenters. The fourth-order valence-corrected chi connectivity index (χ4v) is 3.94. The number of anilines is 2. The number of nitriles is 1. The van der Waals surface area contributed by atoms with E-state index < -0.39 is 0 Å². The van der Waals surface area contributed by atoms with Crippen LogP contribution in [0.4, 0.5) is 11.5 Å². The number of hydrogen-bond donors (Lipinski definition) is 2. The lowest BCUT2D eigenvalue weighted by molar-refractivity contribution is 0.609. The summed E-state index contributed by atoms with van der Waals surface area (Å²) in [6, 6.07) is 7.39. The van der Waals surface area contributed by atoms with Crippen LogP contribution in [-0.2, 0) is 7.05 Å². The van der Waals surface area contributed by atoms with Crippen LogP contribution in [0.25, 0.3) is 11.0 Å². The average Bonchev–Trinajstić information content (AvgIpc) is 2.98. The predicted octanol–water partition coefficient (Wildman–Crippen LogP) is 5.30. The Hall–Kier alpha value is -3.02. The summed E-state index contributed by atoms with van der Waals surface area (Å²) in [5.74, 6) is 1.44. The number of hydrazine groups is 1. The molecular weight excluding hydrogens is 447 g/mol. The van der Waals surface area contributed by atoms with Crippen LogP contribution in [0.15, 0.2) is 30.1 Å². The Bertz CT molecular complexity index is 1190. The van der Waals surface area contributed by atoms with Gasteiger partial charge in [-0.3, -0.25) is 15.1 Å². The summed E-state index contributed by atoms with van der Waals surface area (Å²) in [5.41, 5.74) is 6.80. The van der Waals surface area contributed by atoms with Gasteiger partial charge in [0.25, 0.3) is 0 Å². The van der Waals surface area contributed by atoms with Gasteiger partial charge < -0.3 is 5.32 Å². The van der Waals surface area contributed by atoms with Gasteiger partial charge in [0.1, 0.15) is 21.9 Å². The first-order chi connectivity index (χ1) is 15.1. The summed E-state index contributed by atoms with van der Waals surface area (Å²) in [6.45, 7) is 10.4. The van der Waals surface area contributed by atoms with Crippen molar-refractivity contribution in [1.29, 1.82) is 5.26 Å². The van der Waals surface area contributed by atoms with Gasteiger partial charge >= 0.3 is 0 Å². The van der Waals surface area contributed by atoms with Gasteiger partial charge in [0.15, 0.2) is 5.65 Å². The van der Waals surface area contributed by atoms with Crippen molar-refractivity contribution in [1.82, 2.24) is 25.2 Å². The monoisotopic (exact) mass is 472 g/mol. The minimum Gasteiger partial charge on any atom is -0.340 e. The van der Waals surface area contributed by atoms with Gasteiger partial charge in [0.2, 0.25) is 0 Å². The molecular formula is C22H26Cl2N8. The number of aryl methyl sites for hydroxylation is 2. The maximum atomic E-state index is 9.33. The van der Waals surface area contributed by atoms with Crippen LogP contribution < -0.4 is 15.8 Å². The van der Waals surface area contributed by atoms with E-state index in [9.17, 15) is 5.26 Å². The Morgan fingerprint density at radius 1 is 1.16 bits per heavy atom. The molecule has 3 rings (SSSR count). The van der Waals surface area contributed by atoms with Crippen LogP contribution in [0, 0.1) is 18.3 Å². The summed E-state index contributed by atoms with van der Waals surface area (Å²) in [7, 11) is 1.89. The predicted molar refractivity (Wildman–Crippen MR) is 130 cm³/mol. The lowest BCUT2D eigenvalue weighted by Gasteiger charge is -2.31. The molecule has 10 heteroatoms. The van der Waals surface area contributed by atoms with E-state index in [0.717, 1.165) is 28.1 Å². The zero-order valence-corrected chi connectivity index (χ0v) is 20.4. The molecule has 0 saturated carbocycles. The largest absolute Gasteiger partial charge is 0.340 e. The fraction of sp³-hybridized carbons (Fsp3) is 0.364. The second kappa shape index (κ2) is 9.63. The summed E-state index contributed by atoms with van der Waals surface area (Å²) < 4.78 is 1.80. The molecule has 0 radical (unpaired) electrons. The summed E-state index contributed by atoms with van der Waals surface area (Å²) in [4.78, 5) is 8.83. The van der Waals surface area contributed by atoms with Gasteiger partial charge in [-0.25, -0.2) is 9.97 Å². The molecule has 3 aromatic rings. The van der Waals surface area contributed by atoms with Crippen molar-refractivity contribution in [3.05, 3.63) is 51.7 Å². The van der Waals surface area contributed by atoms with E-state index in [4.69, 9.17) is 28.2 Å². The number of nitrogens with zero attached hydrogens (tertiary/aromatic N) is 6. The first-order valence-electron chi connectivity index (χ1n) is 10.2. The Labute approximate surface area is 197 Å². The maximum Gasteiger partial charge on any atom is 0.160 e. The smallest absolute Gasteiger partial charge is 0.160 e. The van der Waals surface area contributed by atoms with E-state index in [0.29, 0.717) is 11.5 Å². The third-order valence-electron chi connectivity index (χ3n) is 4.86. The number of hydrogen-bond acceptors (Lipinski definition) is 7. The zero-order valence-electron chi connectivity index (χ0n) is 18.9. The molecule has 0 fully saturated rings. The Morgan fingerprint density at radius 2 is 1.81 bits per heavy atom. The molecule has 0 aliphatic carbocycles. The van der Waals surface area contributed by atoms with Crippen LogP contribution in [0.2, 0.25) is 10.3 Å². The summed E-state index contributed by atoms with van der Waals surface area (Å²) in [5, 5.41) is 20.5. The van der Waals surface area contributed by atoms with Crippen molar-refractivity contribution in [2.45, 2.75) is 46.6 Å². The fourth-order valence-electron chi connectivity index (χ4n) is 3.48. The highest BCUT2D eigenvalue weighted by molar-refractivity contribution is 6.32. The number of allylic oxidation sites excluding steroid dienone is 1. The standard InChI is InChI=1S/C22H26Cl2N8/c1-12(2)16-11-20(28-22-21(16)14(5)29-31(22)6)32(13(3)4)30-19(7-8-25)26-15-9-17(23)27-18(24)10-15/h7,9-13,30H,1-6H3,(H,26,27)/b19-7-. The molecule has 0 unspecified atom stereocenters. The van der Waals surface area contributed by atoms with Crippen molar-refractivity contribution < 1.29 is 0 Å². The van der Waals surface area contributed by atoms with E-state index in [2.05, 4.69) is 46.8 Å². The van der Waals surface area contributed by atoms with E-state index in [1.165, 1.54) is 6.08 Å². The van der Waals surface area contributed by atoms with Crippen LogP contribution >= 0.6 is 23.2 Å². The van der Waals surface area contributed by atoms with Crippen molar-refractivity contribution in [2.24, 2.45) is 7.05 Å². The van der Waals surface area contributed by atoms with Gasteiger partial charge in [-0.15, -0.1) is 0 Å². The van der Waals surface area contributed by atoms with Gasteiger partial charge in [0, 0.05) is 24.2 Å². The van der Waals surface area contributed by atoms with Crippen molar-refractivity contribution in [3.63, 3.8) is 0 Å². The first-order valence-corrected chi connectivity index (χ1v) is 11.0. The summed E-state index contributed by atoms with van der Waals surface area (Å²) in [6.07, 6.45) is 1.37. The normalized spacial score (nSPS) is 11.8. The van der Waals surface area contributed by atoms with E-state index >= 15 is 0 Å².